The number of alkyl halides is 1. The summed E-state index contributed by atoms with van der Waals surface area (Å²) in [4.78, 5) is 14.1. The monoisotopic (exact) mass is 315 g/mol. The molecule has 0 heterocycles. The number of sulfone groups is 1. The minimum absolute atomic E-state index is 0.159. The Morgan fingerprint density at radius 2 is 2.05 bits per heavy atom. The van der Waals surface area contributed by atoms with Gasteiger partial charge in [0, 0.05) is 30.8 Å². The molecule has 0 spiro atoms. The summed E-state index contributed by atoms with van der Waals surface area (Å²) in [5, 5.41) is 0.233. The largest absolute Gasteiger partial charge is 0.341 e. The second-order valence-electron chi connectivity index (χ2n) is 5.42. The summed E-state index contributed by atoms with van der Waals surface area (Å²) in [6.45, 7) is 0.658. The van der Waals surface area contributed by atoms with E-state index in [1.165, 1.54) is 12.1 Å². The van der Waals surface area contributed by atoms with Crippen LogP contribution in [0.5, 0.6) is 0 Å². The number of benzene rings is 1. The lowest BCUT2D eigenvalue weighted by Crippen LogP contribution is -2.37. The van der Waals surface area contributed by atoms with Crippen molar-refractivity contribution in [1.29, 1.82) is 0 Å². The third kappa shape index (κ3) is 3.52. The fourth-order valence-electron chi connectivity index (χ4n) is 2.35. The molecule has 0 radical (unpaired) electrons. The number of amides is 1. The number of carbonyl (C=O) groups excluding carboxylic acids is 1. The third-order valence-corrected chi connectivity index (χ3v) is 5.03. The Hall–Kier alpha value is -1.07. The first-order valence-electron chi connectivity index (χ1n) is 6.47. The molecule has 1 aliphatic carbocycles. The van der Waals surface area contributed by atoms with Crippen LogP contribution in [-0.2, 0) is 9.84 Å². The van der Waals surface area contributed by atoms with Crippen molar-refractivity contribution in [3.8, 4) is 0 Å². The van der Waals surface area contributed by atoms with Crippen molar-refractivity contribution in [2.75, 3.05) is 19.8 Å². The number of carbonyl (C=O) groups is 1. The summed E-state index contributed by atoms with van der Waals surface area (Å²) in [6.07, 6.45) is 3.00. The second kappa shape index (κ2) is 5.74. The molecule has 1 fully saturated rings. The van der Waals surface area contributed by atoms with E-state index in [0.717, 1.165) is 19.1 Å². The molecule has 0 saturated heterocycles. The highest BCUT2D eigenvalue weighted by atomic mass is 35.5. The van der Waals surface area contributed by atoms with Gasteiger partial charge in [0.15, 0.2) is 9.84 Å². The van der Waals surface area contributed by atoms with Gasteiger partial charge in [-0.15, -0.1) is 11.6 Å². The maximum atomic E-state index is 12.3. The lowest BCUT2D eigenvalue weighted by molar-refractivity contribution is 0.0746. The standard InChI is InChI=1S/C14H18ClNO3S/c1-16(9-10-6-12(15)7-10)14(17)11-4-3-5-13(8-11)20(2,18)19/h3-5,8,10,12H,6-7,9H2,1-2H3. The summed E-state index contributed by atoms with van der Waals surface area (Å²) in [5.74, 6) is 0.290. The van der Waals surface area contributed by atoms with E-state index in [2.05, 4.69) is 0 Å². The maximum Gasteiger partial charge on any atom is 0.253 e. The van der Waals surface area contributed by atoms with Gasteiger partial charge in [0.25, 0.3) is 5.91 Å². The SMILES string of the molecule is CN(CC1CC(Cl)C1)C(=O)c1cccc(S(C)(=O)=O)c1. The van der Waals surface area contributed by atoms with Gasteiger partial charge in [-0.05, 0) is 37.0 Å². The van der Waals surface area contributed by atoms with Crippen LogP contribution < -0.4 is 0 Å². The maximum absolute atomic E-state index is 12.3. The number of nitrogens with zero attached hydrogens (tertiary/aromatic N) is 1. The molecule has 6 heteroatoms. The molecule has 1 aromatic carbocycles. The highest BCUT2D eigenvalue weighted by Gasteiger charge is 2.29. The fourth-order valence-corrected chi connectivity index (χ4v) is 3.52. The van der Waals surface area contributed by atoms with Crippen molar-refractivity contribution in [3.05, 3.63) is 29.8 Å². The fraction of sp³-hybridized carbons (Fsp3) is 0.500. The van der Waals surface area contributed by atoms with Crippen molar-refractivity contribution in [2.45, 2.75) is 23.1 Å². The number of rotatable bonds is 4. The Morgan fingerprint density at radius 1 is 1.40 bits per heavy atom. The molecule has 4 nitrogen and oxygen atoms in total. The molecule has 110 valence electrons. The first-order chi connectivity index (χ1) is 9.27. The van der Waals surface area contributed by atoms with Gasteiger partial charge in [-0.1, -0.05) is 6.07 Å². The number of hydrogen-bond donors (Lipinski definition) is 0. The van der Waals surface area contributed by atoms with Crippen LogP contribution in [0.4, 0.5) is 0 Å². The predicted octanol–water partition coefficient (Wildman–Crippen LogP) is 2.18. The van der Waals surface area contributed by atoms with E-state index in [0.29, 0.717) is 18.0 Å². The molecular formula is C14H18ClNO3S. The van der Waals surface area contributed by atoms with E-state index in [1.54, 1.807) is 24.1 Å². The predicted molar refractivity (Wildman–Crippen MR) is 78.9 cm³/mol. The molecule has 0 aromatic heterocycles. The van der Waals surface area contributed by atoms with E-state index < -0.39 is 9.84 Å². The summed E-state index contributed by atoms with van der Waals surface area (Å²) >= 11 is 5.92. The average Bonchev–Trinajstić information content (AvgIpc) is 2.35. The molecule has 0 aliphatic heterocycles. The van der Waals surface area contributed by atoms with Crippen LogP contribution in [0.15, 0.2) is 29.2 Å². The van der Waals surface area contributed by atoms with Crippen LogP contribution in [0.1, 0.15) is 23.2 Å². The molecule has 0 atom stereocenters. The molecular weight excluding hydrogens is 298 g/mol. The van der Waals surface area contributed by atoms with E-state index in [9.17, 15) is 13.2 Å². The topological polar surface area (TPSA) is 54.5 Å². The van der Waals surface area contributed by atoms with E-state index >= 15 is 0 Å². The lowest BCUT2D eigenvalue weighted by atomic mass is 9.84. The van der Waals surface area contributed by atoms with Gasteiger partial charge in [0.05, 0.1) is 4.90 Å². The van der Waals surface area contributed by atoms with Crippen LogP contribution in [0.25, 0.3) is 0 Å². The van der Waals surface area contributed by atoms with Crippen LogP contribution in [0.2, 0.25) is 0 Å². The first-order valence-corrected chi connectivity index (χ1v) is 8.80. The highest BCUT2D eigenvalue weighted by Crippen LogP contribution is 2.32. The zero-order valence-corrected chi connectivity index (χ0v) is 13.1. The van der Waals surface area contributed by atoms with Gasteiger partial charge >= 0.3 is 0 Å². The van der Waals surface area contributed by atoms with Crippen molar-refractivity contribution < 1.29 is 13.2 Å². The zero-order chi connectivity index (χ0) is 14.9. The van der Waals surface area contributed by atoms with E-state index in [1.807, 2.05) is 0 Å². The number of halogens is 1. The zero-order valence-electron chi connectivity index (χ0n) is 11.5. The Balaban J connectivity index is 2.08. The minimum Gasteiger partial charge on any atom is -0.341 e. The molecule has 1 aliphatic rings. The molecule has 1 aromatic rings. The van der Waals surface area contributed by atoms with Gasteiger partial charge in [0.1, 0.15) is 0 Å². The normalized spacial score (nSPS) is 22.1. The Morgan fingerprint density at radius 3 is 2.60 bits per heavy atom. The van der Waals surface area contributed by atoms with Gasteiger partial charge < -0.3 is 4.90 Å². The summed E-state index contributed by atoms with van der Waals surface area (Å²) in [6, 6.07) is 6.16. The second-order valence-corrected chi connectivity index (χ2v) is 8.05. The lowest BCUT2D eigenvalue weighted by Gasteiger charge is -2.34. The van der Waals surface area contributed by atoms with Crippen molar-refractivity contribution in [3.63, 3.8) is 0 Å². The number of hydrogen-bond acceptors (Lipinski definition) is 3. The average molecular weight is 316 g/mol. The van der Waals surface area contributed by atoms with Gasteiger partial charge in [-0.25, -0.2) is 8.42 Å². The van der Waals surface area contributed by atoms with Gasteiger partial charge in [-0.2, -0.15) is 0 Å². The highest BCUT2D eigenvalue weighted by molar-refractivity contribution is 7.90. The Labute approximate surface area is 124 Å². The van der Waals surface area contributed by atoms with E-state index in [-0.39, 0.29) is 16.2 Å². The van der Waals surface area contributed by atoms with Gasteiger partial charge in [-0.3, -0.25) is 4.79 Å². The van der Waals surface area contributed by atoms with Gasteiger partial charge in [0.2, 0.25) is 0 Å². The van der Waals surface area contributed by atoms with Crippen molar-refractivity contribution >= 4 is 27.3 Å². The molecule has 2 rings (SSSR count). The van der Waals surface area contributed by atoms with Crippen LogP contribution in [-0.4, -0.2) is 44.5 Å². The summed E-state index contributed by atoms with van der Waals surface area (Å²) < 4.78 is 23.0. The minimum atomic E-state index is -3.30. The molecule has 0 bridgehead atoms. The first kappa shape index (κ1) is 15.3. The molecule has 20 heavy (non-hydrogen) atoms. The summed E-state index contributed by atoms with van der Waals surface area (Å²) in [7, 11) is -1.56. The quantitative estimate of drug-likeness (QED) is 0.800. The van der Waals surface area contributed by atoms with E-state index in [4.69, 9.17) is 11.6 Å². The van der Waals surface area contributed by atoms with Crippen LogP contribution in [0.3, 0.4) is 0 Å². The van der Waals surface area contributed by atoms with Crippen molar-refractivity contribution in [1.82, 2.24) is 4.90 Å². The smallest absolute Gasteiger partial charge is 0.253 e. The molecule has 0 unspecified atom stereocenters. The van der Waals surface area contributed by atoms with Crippen molar-refractivity contribution in [2.24, 2.45) is 5.92 Å². The molecule has 1 saturated carbocycles. The van der Waals surface area contributed by atoms with Crippen LogP contribution in [0, 0.1) is 5.92 Å². The van der Waals surface area contributed by atoms with Crippen LogP contribution >= 0.6 is 11.6 Å². The molecule has 0 N–H and O–H groups in total. The third-order valence-electron chi connectivity index (χ3n) is 3.57. The Kier molecular flexibility index (Phi) is 4.39. The molecule has 1 amide bonds. The Bertz CT molecular complexity index is 609. The summed E-state index contributed by atoms with van der Waals surface area (Å²) in [5.41, 5.74) is 0.400.